The number of carbonyl (C=O) groups excluding carboxylic acids is 1. The number of rotatable bonds is 2. The first-order valence-electron chi connectivity index (χ1n) is 6.92. The molecule has 18 heavy (non-hydrogen) atoms. The summed E-state index contributed by atoms with van der Waals surface area (Å²) in [5.41, 5.74) is -0.430. The second-order valence-corrected chi connectivity index (χ2v) is 7.68. The minimum absolute atomic E-state index is 0.102. The highest BCUT2D eigenvalue weighted by molar-refractivity contribution is 5.75. The summed E-state index contributed by atoms with van der Waals surface area (Å²) in [5, 5.41) is 0. The van der Waals surface area contributed by atoms with Gasteiger partial charge in [-0.15, -0.1) is 0 Å². The second-order valence-electron chi connectivity index (χ2n) is 7.68. The van der Waals surface area contributed by atoms with E-state index in [0.29, 0.717) is 18.6 Å². The molecule has 2 saturated heterocycles. The normalized spacial score (nSPS) is 37.9. The summed E-state index contributed by atoms with van der Waals surface area (Å²) in [6, 6.07) is 0. The van der Waals surface area contributed by atoms with Crippen LogP contribution in [0, 0.1) is 16.7 Å². The van der Waals surface area contributed by atoms with Crippen molar-refractivity contribution in [2.75, 3.05) is 6.61 Å². The van der Waals surface area contributed by atoms with Gasteiger partial charge in [0.25, 0.3) is 0 Å². The van der Waals surface area contributed by atoms with Gasteiger partial charge in [0.1, 0.15) is 0 Å². The highest BCUT2D eigenvalue weighted by Crippen LogP contribution is 2.57. The van der Waals surface area contributed by atoms with Crippen molar-refractivity contribution in [1.29, 1.82) is 0 Å². The molecule has 3 atom stereocenters. The van der Waals surface area contributed by atoms with E-state index >= 15 is 0 Å². The van der Waals surface area contributed by atoms with Gasteiger partial charge in [0.15, 0.2) is 0 Å². The van der Waals surface area contributed by atoms with E-state index < -0.39 is 5.41 Å². The van der Waals surface area contributed by atoms with Crippen LogP contribution in [0.2, 0.25) is 0 Å². The van der Waals surface area contributed by atoms with Crippen molar-refractivity contribution < 1.29 is 14.3 Å². The maximum absolute atomic E-state index is 11.9. The molecule has 2 bridgehead atoms. The Morgan fingerprint density at radius 2 is 1.94 bits per heavy atom. The smallest absolute Gasteiger partial charge is 0.311 e. The molecule has 2 heterocycles. The third kappa shape index (κ3) is 2.07. The van der Waals surface area contributed by atoms with E-state index in [1.807, 2.05) is 20.8 Å². The summed E-state index contributed by atoms with van der Waals surface area (Å²) in [6.45, 7) is 12.8. The number of fused-ring (bicyclic) bond motifs is 2. The first-order chi connectivity index (χ1) is 8.07. The molecule has 0 aromatic rings. The lowest BCUT2D eigenvalue weighted by atomic mass is 9.64. The zero-order chi connectivity index (χ0) is 13.8. The molecule has 0 saturated carbocycles. The van der Waals surface area contributed by atoms with Crippen LogP contribution >= 0.6 is 0 Å². The van der Waals surface area contributed by atoms with Crippen LogP contribution in [0.25, 0.3) is 0 Å². The van der Waals surface area contributed by atoms with Crippen molar-refractivity contribution >= 4 is 5.97 Å². The summed E-state index contributed by atoms with van der Waals surface area (Å²) >= 11 is 0. The molecule has 2 aliphatic heterocycles. The number of esters is 1. The van der Waals surface area contributed by atoms with Gasteiger partial charge in [-0.2, -0.15) is 0 Å². The van der Waals surface area contributed by atoms with Gasteiger partial charge >= 0.3 is 5.97 Å². The van der Waals surface area contributed by atoms with Crippen LogP contribution in [0.3, 0.4) is 0 Å². The van der Waals surface area contributed by atoms with Crippen LogP contribution in [-0.2, 0) is 14.3 Å². The molecule has 1 unspecified atom stereocenters. The molecule has 0 aliphatic carbocycles. The molecule has 0 aromatic carbocycles. The highest BCUT2D eigenvalue weighted by atomic mass is 16.5. The van der Waals surface area contributed by atoms with E-state index in [9.17, 15) is 4.79 Å². The largest absolute Gasteiger partial charge is 0.465 e. The monoisotopic (exact) mass is 254 g/mol. The SMILES string of the molecule is CC(C)(C)C(=O)OCC1C(C)(C)[C@@H]2CC[C@@]1(C)O2. The van der Waals surface area contributed by atoms with Gasteiger partial charge in [0, 0.05) is 5.92 Å². The molecule has 2 rings (SSSR count). The van der Waals surface area contributed by atoms with Crippen LogP contribution < -0.4 is 0 Å². The standard InChI is InChI=1S/C15H26O3/c1-13(2,3)12(16)17-9-10-14(4,5)11-7-8-15(10,6)18-11/h10-11H,7-9H2,1-6H3/t10?,11-,15+/m0/s1. The molecular weight excluding hydrogens is 228 g/mol. The summed E-state index contributed by atoms with van der Waals surface area (Å²) < 4.78 is 11.6. The Bertz CT molecular complexity index is 348. The zero-order valence-corrected chi connectivity index (χ0v) is 12.5. The van der Waals surface area contributed by atoms with Crippen LogP contribution in [0.1, 0.15) is 54.4 Å². The van der Waals surface area contributed by atoms with E-state index in [4.69, 9.17) is 9.47 Å². The average Bonchev–Trinajstić information content (AvgIpc) is 2.66. The van der Waals surface area contributed by atoms with Gasteiger partial charge < -0.3 is 9.47 Å². The molecule has 3 heteroatoms. The van der Waals surface area contributed by atoms with Crippen molar-refractivity contribution in [3.63, 3.8) is 0 Å². The quantitative estimate of drug-likeness (QED) is 0.710. The fraction of sp³-hybridized carbons (Fsp3) is 0.933. The number of hydrogen-bond donors (Lipinski definition) is 0. The van der Waals surface area contributed by atoms with Crippen molar-refractivity contribution in [2.45, 2.75) is 66.1 Å². The Morgan fingerprint density at radius 3 is 2.39 bits per heavy atom. The predicted octanol–water partition coefficient (Wildman–Crippen LogP) is 3.17. The van der Waals surface area contributed by atoms with E-state index in [1.54, 1.807) is 0 Å². The lowest BCUT2D eigenvalue weighted by Crippen LogP contribution is -2.44. The molecule has 3 nitrogen and oxygen atoms in total. The molecule has 0 spiro atoms. The Labute approximate surface area is 110 Å². The lowest BCUT2D eigenvalue weighted by molar-refractivity contribution is -0.157. The first-order valence-corrected chi connectivity index (χ1v) is 6.92. The first kappa shape index (κ1) is 13.9. The third-order valence-corrected chi connectivity index (χ3v) is 4.77. The van der Waals surface area contributed by atoms with Crippen LogP contribution in [0.4, 0.5) is 0 Å². The maximum Gasteiger partial charge on any atom is 0.311 e. The Hall–Kier alpha value is -0.570. The van der Waals surface area contributed by atoms with Crippen molar-refractivity contribution in [1.82, 2.24) is 0 Å². The predicted molar refractivity (Wildman–Crippen MR) is 70.2 cm³/mol. The summed E-state index contributed by atoms with van der Waals surface area (Å²) in [6.07, 6.45) is 2.53. The molecule has 0 aromatic heterocycles. The van der Waals surface area contributed by atoms with Gasteiger partial charge in [-0.1, -0.05) is 13.8 Å². The number of ether oxygens (including phenoxy) is 2. The summed E-state index contributed by atoms with van der Waals surface area (Å²) in [7, 11) is 0. The minimum atomic E-state index is -0.427. The third-order valence-electron chi connectivity index (χ3n) is 4.77. The Balaban J connectivity index is 2.04. The zero-order valence-electron chi connectivity index (χ0n) is 12.5. The van der Waals surface area contributed by atoms with Crippen LogP contribution in [-0.4, -0.2) is 24.3 Å². The second kappa shape index (κ2) is 3.96. The van der Waals surface area contributed by atoms with E-state index in [2.05, 4.69) is 20.8 Å². The molecular formula is C15H26O3. The van der Waals surface area contributed by atoms with Crippen molar-refractivity contribution in [3.05, 3.63) is 0 Å². The molecule has 2 fully saturated rings. The molecule has 0 radical (unpaired) electrons. The Kier molecular flexibility index (Phi) is 3.05. The minimum Gasteiger partial charge on any atom is -0.465 e. The molecule has 0 amide bonds. The van der Waals surface area contributed by atoms with E-state index in [1.165, 1.54) is 0 Å². The van der Waals surface area contributed by atoms with Gasteiger partial charge in [-0.25, -0.2) is 0 Å². The van der Waals surface area contributed by atoms with Gasteiger partial charge in [0.2, 0.25) is 0 Å². The fourth-order valence-electron chi connectivity index (χ4n) is 3.42. The van der Waals surface area contributed by atoms with Crippen LogP contribution in [0.15, 0.2) is 0 Å². The Morgan fingerprint density at radius 1 is 1.33 bits per heavy atom. The summed E-state index contributed by atoms with van der Waals surface area (Å²) in [4.78, 5) is 11.9. The molecule has 104 valence electrons. The summed E-state index contributed by atoms with van der Waals surface area (Å²) in [5.74, 6) is 0.180. The van der Waals surface area contributed by atoms with E-state index in [0.717, 1.165) is 12.8 Å². The number of carbonyl (C=O) groups is 1. The van der Waals surface area contributed by atoms with Gasteiger partial charge in [-0.05, 0) is 46.0 Å². The van der Waals surface area contributed by atoms with Gasteiger partial charge in [-0.3, -0.25) is 4.79 Å². The topological polar surface area (TPSA) is 35.5 Å². The van der Waals surface area contributed by atoms with Crippen LogP contribution in [0.5, 0.6) is 0 Å². The fourth-order valence-corrected chi connectivity index (χ4v) is 3.42. The van der Waals surface area contributed by atoms with E-state index in [-0.39, 0.29) is 17.0 Å². The highest BCUT2D eigenvalue weighted by Gasteiger charge is 2.61. The number of hydrogen-bond acceptors (Lipinski definition) is 3. The lowest BCUT2D eigenvalue weighted by Gasteiger charge is -2.39. The molecule has 2 aliphatic rings. The van der Waals surface area contributed by atoms with Crippen molar-refractivity contribution in [3.8, 4) is 0 Å². The molecule has 0 N–H and O–H groups in total. The van der Waals surface area contributed by atoms with Gasteiger partial charge in [0.05, 0.1) is 23.7 Å². The van der Waals surface area contributed by atoms with Crippen molar-refractivity contribution in [2.24, 2.45) is 16.7 Å². The maximum atomic E-state index is 11.9. The average molecular weight is 254 g/mol.